The third-order valence-corrected chi connectivity index (χ3v) is 2.33. The van der Waals surface area contributed by atoms with Crippen LogP contribution in [0.4, 0.5) is 0 Å². The molecule has 3 nitrogen and oxygen atoms in total. The van der Waals surface area contributed by atoms with E-state index in [1.165, 1.54) is 0 Å². The summed E-state index contributed by atoms with van der Waals surface area (Å²) in [6, 6.07) is 3.59. The van der Waals surface area contributed by atoms with E-state index < -0.39 is 0 Å². The number of hydrogen-bond donors (Lipinski definition) is 0. The molecule has 0 N–H and O–H groups in total. The first-order valence-electron chi connectivity index (χ1n) is 3.73. The van der Waals surface area contributed by atoms with Gasteiger partial charge < -0.3 is 4.52 Å². The molecule has 0 aliphatic heterocycles. The molecule has 0 aliphatic rings. The van der Waals surface area contributed by atoms with Crippen molar-refractivity contribution >= 4 is 33.2 Å². The molecule has 0 unspecified atom stereocenters. The first-order valence-corrected chi connectivity index (χ1v) is 4.52. The monoisotopic (exact) mass is 239 g/mol. The van der Waals surface area contributed by atoms with E-state index in [0.29, 0.717) is 11.1 Å². The number of halogens is 1. The van der Waals surface area contributed by atoms with Crippen LogP contribution in [0.2, 0.25) is 0 Å². The molecule has 2 aromatic rings. The Balaban J connectivity index is 2.91. The van der Waals surface area contributed by atoms with Crippen molar-refractivity contribution in [2.75, 3.05) is 0 Å². The number of carbonyl (C=O) groups is 1. The van der Waals surface area contributed by atoms with Crippen LogP contribution in [0.25, 0.3) is 11.0 Å². The van der Waals surface area contributed by atoms with Crippen LogP contribution >= 0.6 is 15.9 Å². The highest BCUT2D eigenvalue weighted by atomic mass is 79.9. The maximum Gasteiger partial charge on any atom is 0.177 e. The first-order chi connectivity index (χ1) is 6.22. The Morgan fingerprint density at radius 2 is 2.31 bits per heavy atom. The third-order valence-electron chi connectivity index (χ3n) is 1.87. The van der Waals surface area contributed by atoms with Gasteiger partial charge in [0, 0.05) is 9.86 Å². The number of rotatable bonds is 1. The van der Waals surface area contributed by atoms with E-state index in [1.807, 2.05) is 13.0 Å². The number of aromatic nitrogens is 1. The van der Waals surface area contributed by atoms with Crippen LogP contribution in [0, 0.1) is 6.92 Å². The van der Waals surface area contributed by atoms with E-state index in [9.17, 15) is 4.79 Å². The standard InChI is InChI=1S/C9H6BrNO2/c1-5-8-3-7(10)2-6(4-12)9(8)13-11-5/h2-4H,1H3. The smallest absolute Gasteiger partial charge is 0.177 e. The second-order valence-electron chi connectivity index (χ2n) is 2.76. The highest BCUT2D eigenvalue weighted by Crippen LogP contribution is 2.25. The molecule has 13 heavy (non-hydrogen) atoms. The lowest BCUT2D eigenvalue weighted by molar-refractivity contribution is 0.112. The largest absolute Gasteiger partial charge is 0.355 e. The number of carbonyl (C=O) groups excluding carboxylic acids is 1. The maximum atomic E-state index is 10.7. The quantitative estimate of drug-likeness (QED) is 0.719. The van der Waals surface area contributed by atoms with Crippen LogP contribution in [0.15, 0.2) is 21.1 Å². The molecule has 0 amide bonds. The number of aryl methyl sites for hydroxylation is 1. The minimum absolute atomic E-state index is 0.518. The molecule has 1 heterocycles. The number of nitrogens with zero attached hydrogens (tertiary/aromatic N) is 1. The van der Waals surface area contributed by atoms with Gasteiger partial charge in [-0.1, -0.05) is 21.1 Å². The predicted octanol–water partition coefficient (Wildman–Crippen LogP) is 2.71. The van der Waals surface area contributed by atoms with E-state index in [2.05, 4.69) is 21.1 Å². The van der Waals surface area contributed by atoms with Crippen molar-refractivity contribution in [3.8, 4) is 0 Å². The molecule has 2 rings (SSSR count). The Kier molecular flexibility index (Phi) is 1.92. The molecule has 66 valence electrons. The van der Waals surface area contributed by atoms with Gasteiger partial charge in [-0.15, -0.1) is 0 Å². The van der Waals surface area contributed by atoms with Crippen molar-refractivity contribution in [2.45, 2.75) is 6.92 Å². The Morgan fingerprint density at radius 1 is 1.54 bits per heavy atom. The van der Waals surface area contributed by atoms with Gasteiger partial charge in [-0.05, 0) is 19.1 Å². The summed E-state index contributed by atoms with van der Waals surface area (Å²) >= 11 is 3.31. The van der Waals surface area contributed by atoms with Crippen LogP contribution in [0.3, 0.4) is 0 Å². The minimum Gasteiger partial charge on any atom is -0.355 e. The van der Waals surface area contributed by atoms with Gasteiger partial charge in [0.05, 0.1) is 11.3 Å². The van der Waals surface area contributed by atoms with Crippen LogP contribution in [-0.4, -0.2) is 11.4 Å². The van der Waals surface area contributed by atoms with Crippen LogP contribution in [0.1, 0.15) is 16.1 Å². The zero-order valence-electron chi connectivity index (χ0n) is 6.87. The normalized spacial score (nSPS) is 10.6. The predicted molar refractivity (Wildman–Crippen MR) is 51.8 cm³/mol. The molecule has 0 atom stereocenters. The molecule has 0 saturated heterocycles. The first kappa shape index (κ1) is 8.44. The van der Waals surface area contributed by atoms with Gasteiger partial charge in [0.2, 0.25) is 0 Å². The Bertz CT molecular complexity index is 476. The van der Waals surface area contributed by atoms with Crippen LogP contribution in [0.5, 0.6) is 0 Å². The van der Waals surface area contributed by atoms with Crippen molar-refractivity contribution < 1.29 is 9.32 Å². The zero-order chi connectivity index (χ0) is 9.42. The summed E-state index contributed by atoms with van der Waals surface area (Å²) < 4.78 is 5.88. The van der Waals surface area contributed by atoms with Crippen molar-refractivity contribution in [2.24, 2.45) is 0 Å². The van der Waals surface area contributed by atoms with E-state index in [4.69, 9.17) is 4.52 Å². The molecule has 0 spiro atoms. The molecule has 4 heteroatoms. The number of fused-ring (bicyclic) bond motifs is 1. The second kappa shape index (κ2) is 2.96. The summed E-state index contributed by atoms with van der Waals surface area (Å²) in [6.45, 7) is 1.84. The molecular formula is C9H6BrNO2. The van der Waals surface area contributed by atoms with Gasteiger partial charge in [-0.3, -0.25) is 4.79 Å². The van der Waals surface area contributed by atoms with Gasteiger partial charge in [0.15, 0.2) is 11.9 Å². The van der Waals surface area contributed by atoms with Crippen molar-refractivity contribution in [1.82, 2.24) is 5.16 Å². The summed E-state index contributed by atoms with van der Waals surface area (Å²) in [4.78, 5) is 10.7. The van der Waals surface area contributed by atoms with Crippen molar-refractivity contribution in [1.29, 1.82) is 0 Å². The SMILES string of the molecule is Cc1noc2c(C=O)cc(Br)cc12. The second-order valence-corrected chi connectivity index (χ2v) is 3.67. The molecule has 0 saturated carbocycles. The zero-order valence-corrected chi connectivity index (χ0v) is 8.46. The lowest BCUT2D eigenvalue weighted by Gasteiger charge is -1.93. The van der Waals surface area contributed by atoms with Gasteiger partial charge >= 0.3 is 0 Å². The van der Waals surface area contributed by atoms with E-state index in [-0.39, 0.29) is 0 Å². The van der Waals surface area contributed by atoms with E-state index >= 15 is 0 Å². The van der Waals surface area contributed by atoms with Crippen LogP contribution < -0.4 is 0 Å². The molecule has 0 bridgehead atoms. The highest BCUT2D eigenvalue weighted by Gasteiger charge is 2.09. The summed E-state index contributed by atoms with van der Waals surface area (Å²) in [7, 11) is 0. The van der Waals surface area contributed by atoms with Crippen LogP contribution in [-0.2, 0) is 0 Å². The van der Waals surface area contributed by atoms with E-state index in [0.717, 1.165) is 21.8 Å². The average molecular weight is 240 g/mol. The fourth-order valence-corrected chi connectivity index (χ4v) is 1.71. The molecular weight excluding hydrogens is 234 g/mol. The van der Waals surface area contributed by atoms with E-state index in [1.54, 1.807) is 6.07 Å². The maximum absolute atomic E-state index is 10.7. The molecule has 0 fully saturated rings. The van der Waals surface area contributed by atoms with Crippen molar-refractivity contribution in [3.05, 3.63) is 27.9 Å². The minimum atomic E-state index is 0.518. The average Bonchev–Trinajstić information content (AvgIpc) is 2.47. The summed E-state index contributed by atoms with van der Waals surface area (Å²) in [6.07, 6.45) is 0.762. The fourth-order valence-electron chi connectivity index (χ4n) is 1.24. The van der Waals surface area contributed by atoms with Crippen molar-refractivity contribution in [3.63, 3.8) is 0 Å². The topological polar surface area (TPSA) is 43.1 Å². The summed E-state index contributed by atoms with van der Waals surface area (Å²) in [5.74, 6) is 0. The van der Waals surface area contributed by atoms with Gasteiger partial charge in [0.25, 0.3) is 0 Å². The summed E-state index contributed by atoms with van der Waals surface area (Å²) in [5.41, 5.74) is 1.86. The highest BCUT2D eigenvalue weighted by molar-refractivity contribution is 9.10. The van der Waals surface area contributed by atoms with Gasteiger partial charge in [-0.25, -0.2) is 0 Å². The lowest BCUT2D eigenvalue weighted by Crippen LogP contribution is -1.81. The number of aldehydes is 1. The molecule has 1 aromatic heterocycles. The lowest BCUT2D eigenvalue weighted by atomic mass is 10.1. The number of hydrogen-bond acceptors (Lipinski definition) is 3. The van der Waals surface area contributed by atoms with Gasteiger partial charge in [0.1, 0.15) is 0 Å². The Hall–Kier alpha value is -1.16. The number of benzene rings is 1. The fraction of sp³-hybridized carbons (Fsp3) is 0.111. The Labute approximate surface area is 82.8 Å². The molecule has 0 aliphatic carbocycles. The Morgan fingerprint density at radius 3 is 3.00 bits per heavy atom. The molecule has 0 radical (unpaired) electrons. The summed E-state index contributed by atoms with van der Waals surface area (Å²) in [5, 5.41) is 4.66. The van der Waals surface area contributed by atoms with Gasteiger partial charge in [-0.2, -0.15) is 0 Å². The molecule has 1 aromatic carbocycles. The third kappa shape index (κ3) is 1.27.